The van der Waals surface area contributed by atoms with Gasteiger partial charge in [-0.05, 0) is 30.7 Å². The minimum atomic E-state index is -0.134. The average molecular weight is 416 g/mol. The summed E-state index contributed by atoms with van der Waals surface area (Å²) in [6.45, 7) is 1.98. The number of benzene rings is 2. The molecule has 4 rings (SSSR count). The van der Waals surface area contributed by atoms with E-state index >= 15 is 0 Å². The number of amides is 1. The fraction of sp³-hybridized carbons (Fsp3) is 0.105. The van der Waals surface area contributed by atoms with Crippen molar-refractivity contribution in [2.75, 3.05) is 11.1 Å². The highest BCUT2D eigenvalue weighted by atomic mass is 35.5. The van der Waals surface area contributed by atoms with Gasteiger partial charge in [-0.3, -0.25) is 4.79 Å². The number of carbonyl (C=O) groups excluding carboxylic acids is 1. The van der Waals surface area contributed by atoms with Gasteiger partial charge in [-0.2, -0.15) is 0 Å². The van der Waals surface area contributed by atoms with E-state index in [0.29, 0.717) is 16.1 Å². The third-order valence-corrected chi connectivity index (χ3v) is 6.25. The molecule has 0 fully saturated rings. The summed E-state index contributed by atoms with van der Waals surface area (Å²) in [5.41, 5.74) is 1.85. The van der Waals surface area contributed by atoms with E-state index in [0.717, 1.165) is 26.2 Å². The lowest BCUT2D eigenvalue weighted by molar-refractivity contribution is -0.113. The molecule has 2 aromatic carbocycles. The number of halogens is 1. The zero-order valence-corrected chi connectivity index (χ0v) is 16.6. The normalized spacial score (nSPS) is 11.0. The number of anilines is 1. The first-order valence-corrected chi connectivity index (χ1v) is 10.3. The minimum absolute atomic E-state index is 0.134. The van der Waals surface area contributed by atoms with Gasteiger partial charge >= 0.3 is 0 Å². The summed E-state index contributed by atoms with van der Waals surface area (Å²) in [6, 6.07) is 15.5. The van der Waals surface area contributed by atoms with Crippen LogP contribution in [0.1, 0.15) is 5.56 Å². The van der Waals surface area contributed by atoms with E-state index in [2.05, 4.69) is 15.5 Å². The molecule has 0 aliphatic rings. The molecule has 0 radical (unpaired) electrons. The van der Waals surface area contributed by atoms with Crippen molar-refractivity contribution in [1.29, 1.82) is 0 Å². The second kappa shape index (κ2) is 7.72. The van der Waals surface area contributed by atoms with Crippen LogP contribution in [0, 0.1) is 6.92 Å². The van der Waals surface area contributed by atoms with Gasteiger partial charge < -0.3 is 9.73 Å². The Labute approximate surface area is 168 Å². The molecule has 0 aliphatic carbocycles. The lowest BCUT2D eigenvalue weighted by Gasteiger charge is -2.04. The number of nitrogens with one attached hydrogen (secondary N) is 1. The van der Waals surface area contributed by atoms with Crippen LogP contribution in [0.15, 0.2) is 58.2 Å². The number of aryl methyl sites for hydroxylation is 1. The molecule has 0 aliphatic heterocycles. The molecule has 0 bridgehead atoms. The van der Waals surface area contributed by atoms with Crippen molar-refractivity contribution < 1.29 is 9.21 Å². The third kappa shape index (κ3) is 4.00. The largest absolute Gasteiger partial charge is 0.410 e. The summed E-state index contributed by atoms with van der Waals surface area (Å²) in [5.74, 6) is 0.406. The maximum absolute atomic E-state index is 12.1. The molecule has 1 amide bonds. The number of fused-ring (bicyclic) bond motifs is 1. The van der Waals surface area contributed by atoms with E-state index in [1.54, 1.807) is 0 Å². The van der Waals surface area contributed by atoms with Crippen LogP contribution in [0.4, 0.5) is 5.69 Å². The van der Waals surface area contributed by atoms with E-state index in [1.807, 2.05) is 55.5 Å². The molecule has 0 spiro atoms. The molecule has 8 heteroatoms. The Balaban J connectivity index is 1.43. The topological polar surface area (TPSA) is 68.0 Å². The molecule has 2 heterocycles. The molecule has 1 N–H and O–H groups in total. The predicted octanol–water partition coefficient (Wildman–Crippen LogP) is 5.64. The van der Waals surface area contributed by atoms with Crippen LogP contribution in [-0.4, -0.2) is 21.9 Å². The Bertz CT molecular complexity index is 1120. The first-order valence-electron chi connectivity index (χ1n) is 8.10. The molecule has 2 aromatic heterocycles. The smallest absolute Gasteiger partial charge is 0.277 e. The lowest BCUT2D eigenvalue weighted by Crippen LogP contribution is -2.13. The Morgan fingerprint density at radius 1 is 1.22 bits per heavy atom. The van der Waals surface area contributed by atoms with Crippen LogP contribution >= 0.6 is 34.7 Å². The van der Waals surface area contributed by atoms with Crippen molar-refractivity contribution in [2.24, 2.45) is 0 Å². The predicted molar refractivity (Wildman–Crippen MR) is 111 cm³/mol. The Morgan fingerprint density at radius 2 is 2.07 bits per heavy atom. The summed E-state index contributed by atoms with van der Waals surface area (Å²) in [7, 11) is 0. The van der Waals surface area contributed by atoms with Gasteiger partial charge in [-0.1, -0.05) is 53.7 Å². The number of thiophene rings is 1. The van der Waals surface area contributed by atoms with Crippen LogP contribution in [0.25, 0.3) is 20.9 Å². The molecule has 0 unspecified atom stereocenters. The van der Waals surface area contributed by atoms with E-state index in [4.69, 9.17) is 16.0 Å². The SMILES string of the molecule is Cc1cccc(NC(=O)CSc2nnc(-c3sc4ccccc4c3Cl)o2)c1. The van der Waals surface area contributed by atoms with Gasteiger partial charge in [0, 0.05) is 15.8 Å². The fourth-order valence-electron chi connectivity index (χ4n) is 2.56. The van der Waals surface area contributed by atoms with Crippen LogP contribution < -0.4 is 5.32 Å². The number of thioether (sulfide) groups is 1. The van der Waals surface area contributed by atoms with E-state index in [-0.39, 0.29) is 11.7 Å². The summed E-state index contributed by atoms with van der Waals surface area (Å²) in [4.78, 5) is 12.8. The van der Waals surface area contributed by atoms with Crippen LogP contribution in [0.3, 0.4) is 0 Å². The second-order valence-corrected chi connectivity index (χ2v) is 8.18. The molecular formula is C19H14ClN3O2S2. The lowest BCUT2D eigenvalue weighted by atomic mass is 10.2. The number of carbonyl (C=O) groups is 1. The number of hydrogen-bond donors (Lipinski definition) is 1. The zero-order valence-electron chi connectivity index (χ0n) is 14.2. The Kier molecular flexibility index (Phi) is 5.15. The van der Waals surface area contributed by atoms with Crippen LogP contribution in [0.5, 0.6) is 0 Å². The van der Waals surface area contributed by atoms with Crippen molar-refractivity contribution in [3.8, 4) is 10.8 Å². The van der Waals surface area contributed by atoms with Crippen molar-refractivity contribution in [3.63, 3.8) is 0 Å². The molecule has 5 nitrogen and oxygen atoms in total. The third-order valence-electron chi connectivity index (χ3n) is 3.76. The summed E-state index contributed by atoms with van der Waals surface area (Å²) >= 11 is 9.13. The Morgan fingerprint density at radius 3 is 2.89 bits per heavy atom. The van der Waals surface area contributed by atoms with Gasteiger partial charge in [-0.25, -0.2) is 0 Å². The van der Waals surface area contributed by atoms with Gasteiger partial charge in [0.15, 0.2) is 0 Å². The van der Waals surface area contributed by atoms with Crippen molar-refractivity contribution in [3.05, 3.63) is 59.1 Å². The van der Waals surface area contributed by atoms with Gasteiger partial charge in [0.25, 0.3) is 11.1 Å². The number of hydrogen-bond acceptors (Lipinski definition) is 6. The van der Waals surface area contributed by atoms with Crippen LogP contribution in [0.2, 0.25) is 5.02 Å². The highest BCUT2D eigenvalue weighted by molar-refractivity contribution is 7.99. The van der Waals surface area contributed by atoms with Crippen molar-refractivity contribution >= 4 is 56.4 Å². The van der Waals surface area contributed by atoms with Crippen molar-refractivity contribution in [1.82, 2.24) is 10.2 Å². The van der Waals surface area contributed by atoms with Gasteiger partial charge in [-0.15, -0.1) is 21.5 Å². The zero-order chi connectivity index (χ0) is 18.8. The Hall–Kier alpha value is -2.35. The first-order chi connectivity index (χ1) is 13.1. The number of aromatic nitrogens is 2. The molecule has 0 saturated carbocycles. The number of rotatable bonds is 5. The van der Waals surface area contributed by atoms with E-state index in [9.17, 15) is 4.79 Å². The number of nitrogens with zero attached hydrogens (tertiary/aromatic N) is 2. The minimum Gasteiger partial charge on any atom is -0.410 e. The van der Waals surface area contributed by atoms with Crippen LogP contribution in [-0.2, 0) is 4.79 Å². The maximum Gasteiger partial charge on any atom is 0.277 e. The molecule has 4 aromatic rings. The molecule has 0 atom stereocenters. The summed E-state index contributed by atoms with van der Waals surface area (Å²) in [6.07, 6.45) is 0. The highest BCUT2D eigenvalue weighted by Gasteiger charge is 2.18. The summed E-state index contributed by atoms with van der Waals surface area (Å²) < 4.78 is 6.74. The van der Waals surface area contributed by atoms with E-state index in [1.165, 1.54) is 23.1 Å². The van der Waals surface area contributed by atoms with Gasteiger partial charge in [0.2, 0.25) is 5.91 Å². The summed E-state index contributed by atoms with van der Waals surface area (Å²) in [5, 5.41) is 12.8. The van der Waals surface area contributed by atoms with Gasteiger partial charge in [0.05, 0.1) is 10.8 Å². The molecule has 136 valence electrons. The monoisotopic (exact) mass is 415 g/mol. The van der Waals surface area contributed by atoms with Crippen molar-refractivity contribution in [2.45, 2.75) is 12.1 Å². The highest BCUT2D eigenvalue weighted by Crippen LogP contribution is 2.41. The molecular weight excluding hydrogens is 402 g/mol. The average Bonchev–Trinajstić information content (AvgIpc) is 3.25. The molecule has 0 saturated heterocycles. The maximum atomic E-state index is 12.1. The first kappa shape index (κ1) is 18.0. The second-order valence-electron chi connectivity index (χ2n) is 5.82. The standard InChI is InChI=1S/C19H14ClN3O2S2/c1-11-5-4-6-12(9-11)21-15(24)10-26-19-23-22-18(25-19)17-16(20)13-7-2-3-8-14(13)27-17/h2-9H,10H2,1H3,(H,21,24). The van der Waals surface area contributed by atoms with E-state index < -0.39 is 0 Å². The fourth-order valence-corrected chi connectivity index (χ4v) is 4.56. The molecule has 27 heavy (non-hydrogen) atoms. The van der Waals surface area contributed by atoms with Gasteiger partial charge in [0.1, 0.15) is 4.88 Å². The quantitative estimate of drug-likeness (QED) is 0.427.